The molecular weight excluding hydrogens is 358 g/mol. The normalized spacial score (nSPS) is 22.6. The zero-order valence-electron chi connectivity index (χ0n) is 17.6. The summed E-state index contributed by atoms with van der Waals surface area (Å²) < 4.78 is 0. The Balaban J connectivity index is 1.63. The number of nitrogens with zero attached hydrogens (tertiary/aromatic N) is 2. The number of nitrogens with one attached hydrogen (secondary N) is 1. The number of carbonyl (C=O) groups excluding carboxylic acids is 1. The summed E-state index contributed by atoms with van der Waals surface area (Å²) in [5, 5.41) is 3.31. The molecule has 4 nitrogen and oxygen atoms in total. The van der Waals surface area contributed by atoms with E-state index in [4.69, 9.17) is 0 Å². The fourth-order valence-electron chi connectivity index (χ4n) is 4.56. The van der Waals surface area contributed by atoms with E-state index in [2.05, 4.69) is 102 Å². The van der Waals surface area contributed by atoms with Crippen molar-refractivity contribution in [2.75, 3.05) is 30.4 Å². The molecule has 2 aromatic rings. The highest BCUT2D eigenvalue weighted by Gasteiger charge is 2.57. The Bertz CT molecular complexity index is 972. The first-order valence-corrected chi connectivity index (χ1v) is 10.2. The highest BCUT2D eigenvalue weighted by Crippen LogP contribution is 2.52. The Kier molecular flexibility index (Phi) is 4.73. The summed E-state index contributed by atoms with van der Waals surface area (Å²) in [6, 6.07) is 16.9. The maximum atomic E-state index is 12.4. The monoisotopic (exact) mass is 387 g/mol. The summed E-state index contributed by atoms with van der Waals surface area (Å²) in [6.45, 7) is 5.16. The average molecular weight is 388 g/mol. The summed E-state index contributed by atoms with van der Waals surface area (Å²) in [6.07, 6.45) is 8.88. The molecule has 0 saturated carbocycles. The van der Waals surface area contributed by atoms with Crippen molar-refractivity contribution in [1.82, 2.24) is 5.32 Å². The second kappa shape index (κ2) is 7.11. The number of rotatable bonds is 4. The third kappa shape index (κ3) is 3.13. The minimum atomic E-state index is -0.550. The van der Waals surface area contributed by atoms with Crippen LogP contribution in [-0.2, 0) is 10.2 Å². The predicted octanol–water partition coefficient (Wildman–Crippen LogP) is 4.34. The number of benzene rings is 2. The molecule has 1 atom stereocenters. The van der Waals surface area contributed by atoms with Crippen molar-refractivity contribution in [2.45, 2.75) is 31.3 Å². The molecule has 1 saturated heterocycles. The molecule has 2 aromatic carbocycles. The number of anilines is 2. The molecule has 0 spiro atoms. The van der Waals surface area contributed by atoms with Gasteiger partial charge in [-0.25, -0.2) is 0 Å². The molecule has 150 valence electrons. The van der Waals surface area contributed by atoms with Crippen molar-refractivity contribution < 1.29 is 4.79 Å². The molecule has 1 unspecified atom stereocenters. The Morgan fingerprint density at radius 1 is 1.03 bits per heavy atom. The Morgan fingerprint density at radius 3 is 2.48 bits per heavy atom. The van der Waals surface area contributed by atoms with E-state index in [0.29, 0.717) is 6.42 Å². The molecule has 1 N–H and O–H groups in total. The third-order valence-corrected chi connectivity index (χ3v) is 6.29. The van der Waals surface area contributed by atoms with E-state index in [0.717, 1.165) is 12.1 Å². The van der Waals surface area contributed by atoms with Crippen LogP contribution < -0.4 is 15.1 Å². The molecule has 4 heteroatoms. The number of fused-ring (bicyclic) bond motifs is 3. The number of hydrogen-bond acceptors (Lipinski definition) is 3. The smallest absolute Gasteiger partial charge is 0.223 e. The summed E-state index contributed by atoms with van der Waals surface area (Å²) in [5.41, 5.74) is 4.03. The molecule has 0 radical (unpaired) electrons. The molecule has 0 aliphatic carbocycles. The highest BCUT2D eigenvalue weighted by molar-refractivity contribution is 5.84. The lowest BCUT2D eigenvalue weighted by Gasteiger charge is -2.49. The van der Waals surface area contributed by atoms with Gasteiger partial charge in [0.15, 0.2) is 0 Å². The van der Waals surface area contributed by atoms with Crippen molar-refractivity contribution in [3.05, 3.63) is 77.9 Å². The Hall–Kier alpha value is -3.01. The number of para-hydroxylation sites is 1. The molecule has 0 aromatic heterocycles. The van der Waals surface area contributed by atoms with Crippen LogP contribution in [0.4, 0.5) is 11.4 Å². The summed E-state index contributed by atoms with van der Waals surface area (Å²) in [5.74, 6) is 0.107. The minimum Gasteiger partial charge on any atom is -0.378 e. The standard InChI is InChI=1S/C25H29N3O/c1-24(2)21-10-5-6-11-22(21)28-18-16-23(29)26-25(24,28)17-8-7-9-19-12-14-20(15-13-19)27(3)4/h5-15,17H,16,18H2,1-4H3,(H,26,29)/b9-7+,17-8+. The van der Waals surface area contributed by atoms with Gasteiger partial charge in [-0.05, 0) is 35.4 Å². The molecule has 29 heavy (non-hydrogen) atoms. The first-order chi connectivity index (χ1) is 13.8. The number of amides is 1. The predicted molar refractivity (Wildman–Crippen MR) is 121 cm³/mol. The van der Waals surface area contributed by atoms with Crippen molar-refractivity contribution in [3.8, 4) is 0 Å². The van der Waals surface area contributed by atoms with Gasteiger partial charge in [0.2, 0.25) is 5.91 Å². The van der Waals surface area contributed by atoms with Crippen molar-refractivity contribution >= 4 is 23.4 Å². The van der Waals surface area contributed by atoms with Crippen LogP contribution in [0.3, 0.4) is 0 Å². The van der Waals surface area contributed by atoms with Gasteiger partial charge in [0.1, 0.15) is 5.66 Å². The van der Waals surface area contributed by atoms with E-state index < -0.39 is 5.66 Å². The van der Waals surface area contributed by atoms with E-state index >= 15 is 0 Å². The van der Waals surface area contributed by atoms with Crippen LogP contribution in [0.5, 0.6) is 0 Å². The lowest BCUT2D eigenvalue weighted by molar-refractivity contribution is -0.124. The second-order valence-electron chi connectivity index (χ2n) is 8.56. The SMILES string of the molecule is CN(C)c1ccc(/C=C/C=C/C23NC(=O)CCN2c2ccccc2C3(C)C)cc1. The minimum absolute atomic E-state index is 0.107. The first kappa shape index (κ1) is 19.3. The van der Waals surface area contributed by atoms with Crippen LogP contribution in [-0.4, -0.2) is 32.2 Å². The van der Waals surface area contributed by atoms with Gasteiger partial charge >= 0.3 is 0 Å². The van der Waals surface area contributed by atoms with E-state index in [1.165, 1.54) is 16.9 Å². The largest absolute Gasteiger partial charge is 0.378 e. The highest BCUT2D eigenvalue weighted by atomic mass is 16.2. The van der Waals surface area contributed by atoms with Crippen LogP contribution in [0.1, 0.15) is 31.4 Å². The number of hydrogen-bond donors (Lipinski definition) is 1. The second-order valence-corrected chi connectivity index (χ2v) is 8.56. The number of allylic oxidation sites excluding steroid dienone is 2. The summed E-state index contributed by atoms with van der Waals surface area (Å²) in [7, 11) is 4.08. The van der Waals surface area contributed by atoms with E-state index in [1.807, 2.05) is 14.1 Å². The van der Waals surface area contributed by atoms with Gasteiger partial charge in [-0.3, -0.25) is 4.79 Å². The molecule has 2 aliphatic rings. The maximum absolute atomic E-state index is 12.4. The fourth-order valence-corrected chi connectivity index (χ4v) is 4.56. The van der Waals surface area contributed by atoms with Crippen LogP contribution in [0, 0.1) is 0 Å². The van der Waals surface area contributed by atoms with E-state index in [9.17, 15) is 4.79 Å². The molecule has 1 fully saturated rings. The van der Waals surface area contributed by atoms with Crippen molar-refractivity contribution in [2.24, 2.45) is 0 Å². The molecule has 2 aliphatic heterocycles. The van der Waals surface area contributed by atoms with E-state index in [-0.39, 0.29) is 11.3 Å². The van der Waals surface area contributed by atoms with Gasteiger partial charge in [0.05, 0.1) is 0 Å². The van der Waals surface area contributed by atoms with Crippen LogP contribution in [0.15, 0.2) is 66.8 Å². The van der Waals surface area contributed by atoms with Crippen molar-refractivity contribution in [3.63, 3.8) is 0 Å². The first-order valence-electron chi connectivity index (χ1n) is 10.2. The Labute approximate surface area is 173 Å². The molecule has 2 heterocycles. The van der Waals surface area contributed by atoms with Gasteiger partial charge in [-0.1, -0.05) is 62.4 Å². The van der Waals surface area contributed by atoms with Gasteiger partial charge in [-0.2, -0.15) is 0 Å². The third-order valence-electron chi connectivity index (χ3n) is 6.29. The van der Waals surface area contributed by atoms with Gasteiger partial charge in [0.25, 0.3) is 0 Å². The molecular formula is C25H29N3O. The van der Waals surface area contributed by atoms with Crippen molar-refractivity contribution in [1.29, 1.82) is 0 Å². The molecule has 4 rings (SSSR count). The zero-order valence-corrected chi connectivity index (χ0v) is 17.6. The maximum Gasteiger partial charge on any atom is 0.223 e. The van der Waals surface area contributed by atoms with Gasteiger partial charge in [0, 0.05) is 43.9 Å². The zero-order chi connectivity index (χ0) is 20.6. The van der Waals surface area contributed by atoms with Gasteiger partial charge < -0.3 is 15.1 Å². The quantitative estimate of drug-likeness (QED) is 0.793. The lowest BCUT2D eigenvalue weighted by Crippen LogP contribution is -2.68. The summed E-state index contributed by atoms with van der Waals surface area (Å²) in [4.78, 5) is 16.8. The van der Waals surface area contributed by atoms with Crippen LogP contribution in [0.25, 0.3) is 6.08 Å². The topological polar surface area (TPSA) is 35.6 Å². The summed E-state index contributed by atoms with van der Waals surface area (Å²) >= 11 is 0. The van der Waals surface area contributed by atoms with Crippen LogP contribution >= 0.6 is 0 Å². The van der Waals surface area contributed by atoms with Gasteiger partial charge in [-0.15, -0.1) is 0 Å². The van der Waals surface area contributed by atoms with Crippen LogP contribution in [0.2, 0.25) is 0 Å². The lowest BCUT2D eigenvalue weighted by atomic mass is 9.74. The number of carbonyl (C=O) groups is 1. The molecule has 0 bridgehead atoms. The van der Waals surface area contributed by atoms with E-state index in [1.54, 1.807) is 0 Å². The average Bonchev–Trinajstić information content (AvgIpc) is 2.90. The Morgan fingerprint density at radius 2 is 1.76 bits per heavy atom. The molecule has 1 amide bonds. The fraction of sp³-hybridized carbons (Fsp3) is 0.320.